The summed E-state index contributed by atoms with van der Waals surface area (Å²) in [6, 6.07) is 15.2. The zero-order chi connectivity index (χ0) is 27.9. The highest BCUT2D eigenvalue weighted by Crippen LogP contribution is 2.44. The molecule has 0 heterocycles. The average Bonchev–Trinajstić information content (AvgIpc) is 3.27. The Kier molecular flexibility index (Phi) is 11.9. The van der Waals surface area contributed by atoms with Crippen LogP contribution in [0.15, 0.2) is 74.2 Å². The number of benzene rings is 2. The number of hydrogen-bond donors (Lipinski definition) is 3. The van der Waals surface area contributed by atoms with Crippen molar-refractivity contribution in [3.05, 3.63) is 85.3 Å². The molecular weight excluding hydrogens is 498 g/mol. The van der Waals surface area contributed by atoms with Gasteiger partial charge in [-0.05, 0) is 41.5 Å². The molecular formula is C30H37N3O6. The standard InChI is InChI=1S/C30H37N3O6/c1-3-37-19-9-17-31-28(34)16-15-27(29(35)32-18-10-20-38-4-2)33-30(36)39-21-26-24-13-7-5-11-22(24)23-12-6-8-14-25(23)26/h3-8,11-14,26-27H,1-2,9-10,15-21H2,(H,31,34)(H,32,35)(H,33,36). The van der Waals surface area contributed by atoms with Crippen molar-refractivity contribution in [3.8, 4) is 11.1 Å². The van der Waals surface area contributed by atoms with Gasteiger partial charge in [0, 0.05) is 25.4 Å². The third kappa shape index (κ3) is 8.91. The molecule has 0 aromatic heterocycles. The molecule has 1 aliphatic carbocycles. The van der Waals surface area contributed by atoms with Gasteiger partial charge in [-0.1, -0.05) is 61.7 Å². The van der Waals surface area contributed by atoms with Crippen LogP contribution in [0.1, 0.15) is 42.7 Å². The molecule has 2 aromatic rings. The van der Waals surface area contributed by atoms with E-state index in [1.165, 1.54) is 12.5 Å². The highest BCUT2D eigenvalue weighted by Gasteiger charge is 2.30. The third-order valence-electron chi connectivity index (χ3n) is 6.35. The first-order chi connectivity index (χ1) is 19.0. The molecule has 0 spiro atoms. The molecule has 0 saturated heterocycles. The van der Waals surface area contributed by atoms with Crippen molar-refractivity contribution >= 4 is 17.9 Å². The van der Waals surface area contributed by atoms with Gasteiger partial charge in [0.15, 0.2) is 0 Å². The number of hydrogen-bond acceptors (Lipinski definition) is 6. The van der Waals surface area contributed by atoms with Gasteiger partial charge >= 0.3 is 6.09 Å². The number of carbonyl (C=O) groups excluding carboxylic acids is 3. The van der Waals surface area contributed by atoms with Gasteiger partial charge in [0.1, 0.15) is 12.6 Å². The normalized spacial score (nSPS) is 12.3. The number of carbonyl (C=O) groups is 3. The summed E-state index contributed by atoms with van der Waals surface area (Å²) in [4.78, 5) is 37.9. The minimum Gasteiger partial charge on any atom is -0.502 e. The SMILES string of the molecule is C=COCCCNC(=O)CCC(NC(=O)OCC1c2ccccc2-c2ccccc21)C(=O)NCCCOC=C. The van der Waals surface area contributed by atoms with Crippen LogP contribution in [0.2, 0.25) is 0 Å². The summed E-state index contributed by atoms with van der Waals surface area (Å²) >= 11 is 0. The number of ether oxygens (including phenoxy) is 3. The van der Waals surface area contributed by atoms with Crippen molar-refractivity contribution in [2.75, 3.05) is 32.9 Å². The first-order valence-electron chi connectivity index (χ1n) is 13.2. The number of amides is 3. The van der Waals surface area contributed by atoms with Gasteiger partial charge in [-0.3, -0.25) is 9.59 Å². The molecule has 0 aliphatic heterocycles. The van der Waals surface area contributed by atoms with Crippen molar-refractivity contribution < 1.29 is 28.6 Å². The van der Waals surface area contributed by atoms with Gasteiger partial charge in [0.25, 0.3) is 0 Å². The summed E-state index contributed by atoms with van der Waals surface area (Å²) in [5.41, 5.74) is 4.44. The summed E-state index contributed by atoms with van der Waals surface area (Å²) in [7, 11) is 0. The van der Waals surface area contributed by atoms with E-state index < -0.39 is 18.0 Å². The van der Waals surface area contributed by atoms with E-state index in [0.717, 1.165) is 22.3 Å². The van der Waals surface area contributed by atoms with Crippen LogP contribution in [0.3, 0.4) is 0 Å². The van der Waals surface area contributed by atoms with Crippen molar-refractivity contribution in [1.29, 1.82) is 0 Å². The summed E-state index contributed by atoms with van der Waals surface area (Å²) in [5.74, 6) is -0.717. The van der Waals surface area contributed by atoms with Gasteiger partial charge < -0.3 is 30.2 Å². The van der Waals surface area contributed by atoms with Crippen LogP contribution in [0, 0.1) is 0 Å². The monoisotopic (exact) mass is 535 g/mol. The van der Waals surface area contributed by atoms with Crippen LogP contribution in [0.25, 0.3) is 11.1 Å². The first kappa shape index (κ1) is 29.3. The minimum atomic E-state index is -0.934. The Morgan fingerprint density at radius 3 is 2.00 bits per heavy atom. The molecule has 3 N–H and O–H groups in total. The molecule has 208 valence electrons. The zero-order valence-corrected chi connectivity index (χ0v) is 22.2. The molecule has 1 atom stereocenters. The van der Waals surface area contributed by atoms with E-state index >= 15 is 0 Å². The third-order valence-corrected chi connectivity index (χ3v) is 6.35. The Balaban J connectivity index is 1.55. The van der Waals surface area contributed by atoms with E-state index in [2.05, 4.69) is 41.2 Å². The van der Waals surface area contributed by atoms with Crippen molar-refractivity contribution in [1.82, 2.24) is 16.0 Å². The summed E-state index contributed by atoms with van der Waals surface area (Å²) < 4.78 is 15.7. The Bertz CT molecular complexity index is 1090. The largest absolute Gasteiger partial charge is 0.502 e. The van der Waals surface area contributed by atoms with E-state index in [1.807, 2.05) is 36.4 Å². The molecule has 2 aromatic carbocycles. The average molecular weight is 536 g/mol. The number of rotatable bonds is 17. The highest BCUT2D eigenvalue weighted by atomic mass is 16.5. The molecule has 1 unspecified atom stereocenters. The van der Waals surface area contributed by atoms with Gasteiger partial charge in [-0.25, -0.2) is 4.79 Å². The lowest BCUT2D eigenvalue weighted by Gasteiger charge is -2.20. The van der Waals surface area contributed by atoms with Crippen LogP contribution in [-0.4, -0.2) is 56.9 Å². The quantitative estimate of drug-likeness (QED) is 0.208. The Morgan fingerprint density at radius 1 is 0.846 bits per heavy atom. The van der Waals surface area contributed by atoms with Gasteiger partial charge in [-0.2, -0.15) is 0 Å². The fourth-order valence-electron chi connectivity index (χ4n) is 4.46. The molecule has 3 rings (SSSR count). The second-order valence-electron chi connectivity index (χ2n) is 8.98. The lowest BCUT2D eigenvalue weighted by molar-refractivity contribution is -0.124. The number of fused-ring (bicyclic) bond motifs is 3. The second-order valence-corrected chi connectivity index (χ2v) is 8.98. The highest BCUT2D eigenvalue weighted by molar-refractivity contribution is 5.86. The predicted octanol–water partition coefficient (Wildman–Crippen LogP) is 4.01. The van der Waals surface area contributed by atoms with Crippen LogP contribution in [0.5, 0.6) is 0 Å². The maximum atomic E-state index is 12.8. The molecule has 3 amide bonds. The van der Waals surface area contributed by atoms with Crippen molar-refractivity contribution in [3.63, 3.8) is 0 Å². The van der Waals surface area contributed by atoms with Gasteiger partial charge in [0.05, 0.1) is 25.7 Å². The molecule has 9 nitrogen and oxygen atoms in total. The molecule has 1 aliphatic rings. The Morgan fingerprint density at radius 2 is 1.41 bits per heavy atom. The van der Waals surface area contributed by atoms with Crippen LogP contribution < -0.4 is 16.0 Å². The van der Waals surface area contributed by atoms with Crippen molar-refractivity contribution in [2.45, 2.75) is 37.6 Å². The van der Waals surface area contributed by atoms with E-state index in [4.69, 9.17) is 14.2 Å². The fourth-order valence-corrected chi connectivity index (χ4v) is 4.46. The van der Waals surface area contributed by atoms with Crippen LogP contribution >= 0.6 is 0 Å². The lowest BCUT2D eigenvalue weighted by Crippen LogP contribution is -2.48. The molecule has 0 bridgehead atoms. The van der Waals surface area contributed by atoms with Crippen LogP contribution in [-0.2, 0) is 23.8 Å². The molecule has 0 radical (unpaired) electrons. The maximum Gasteiger partial charge on any atom is 0.407 e. The fraction of sp³-hybridized carbons (Fsp3) is 0.367. The zero-order valence-electron chi connectivity index (χ0n) is 22.2. The molecule has 0 saturated carbocycles. The maximum absolute atomic E-state index is 12.8. The summed E-state index contributed by atoms with van der Waals surface area (Å²) in [5, 5.41) is 8.21. The molecule has 0 fully saturated rings. The summed E-state index contributed by atoms with van der Waals surface area (Å²) in [6.45, 7) is 8.73. The topological polar surface area (TPSA) is 115 Å². The van der Waals surface area contributed by atoms with E-state index in [1.54, 1.807) is 0 Å². The Labute approximate surface area is 229 Å². The minimum absolute atomic E-state index is 0.0592. The van der Waals surface area contributed by atoms with E-state index in [9.17, 15) is 14.4 Å². The first-order valence-corrected chi connectivity index (χ1v) is 13.2. The number of nitrogens with one attached hydrogen (secondary N) is 3. The van der Waals surface area contributed by atoms with Crippen LogP contribution in [0.4, 0.5) is 4.79 Å². The second kappa shape index (κ2) is 15.9. The molecule has 9 heteroatoms. The lowest BCUT2D eigenvalue weighted by atomic mass is 9.98. The smallest absolute Gasteiger partial charge is 0.407 e. The predicted molar refractivity (Wildman–Crippen MR) is 149 cm³/mol. The summed E-state index contributed by atoms with van der Waals surface area (Å²) in [6.07, 6.45) is 3.36. The number of alkyl carbamates (subject to hydrolysis) is 1. The molecule has 39 heavy (non-hydrogen) atoms. The van der Waals surface area contributed by atoms with E-state index in [-0.39, 0.29) is 31.3 Å². The van der Waals surface area contributed by atoms with E-state index in [0.29, 0.717) is 39.1 Å². The van der Waals surface area contributed by atoms with Gasteiger partial charge in [-0.15, -0.1) is 0 Å². The van der Waals surface area contributed by atoms with Crippen molar-refractivity contribution in [2.24, 2.45) is 0 Å². The Hall–Kier alpha value is -4.27. The van der Waals surface area contributed by atoms with Gasteiger partial charge in [0.2, 0.25) is 11.8 Å².